The summed E-state index contributed by atoms with van der Waals surface area (Å²) in [6.45, 7) is 1.37. The van der Waals surface area contributed by atoms with Gasteiger partial charge in [-0.2, -0.15) is 4.31 Å². The summed E-state index contributed by atoms with van der Waals surface area (Å²) in [5, 5.41) is 0.700. The fourth-order valence-electron chi connectivity index (χ4n) is 4.39. The number of nitrogens with one attached hydrogen (secondary N) is 1. The molecule has 0 amide bonds. The van der Waals surface area contributed by atoms with E-state index in [2.05, 4.69) is 9.72 Å². The number of ether oxygens (including phenoxy) is 4. The molecule has 0 saturated carbocycles. The first-order chi connectivity index (χ1) is 17.3. The number of aromatic amines is 1. The van der Waals surface area contributed by atoms with Crippen LogP contribution >= 0.6 is 0 Å². The van der Waals surface area contributed by atoms with Crippen molar-refractivity contribution in [1.82, 2.24) is 9.29 Å². The van der Waals surface area contributed by atoms with Gasteiger partial charge in [-0.1, -0.05) is 0 Å². The fourth-order valence-corrected chi connectivity index (χ4v) is 5.84. The van der Waals surface area contributed by atoms with Crippen molar-refractivity contribution in [2.75, 3.05) is 33.5 Å². The predicted molar refractivity (Wildman–Crippen MR) is 130 cm³/mol. The van der Waals surface area contributed by atoms with Gasteiger partial charge in [0.1, 0.15) is 13.2 Å². The Bertz CT molecular complexity index is 1440. The van der Waals surface area contributed by atoms with E-state index in [1.54, 1.807) is 18.2 Å². The zero-order valence-corrected chi connectivity index (χ0v) is 20.5. The van der Waals surface area contributed by atoms with Crippen LogP contribution < -0.4 is 15.0 Å². The standard InChI is InChI=1S/C25H26N2O8S/c1-32-25(29)16-4-6-20(7-5-16)36(30,31)27(15-19-3-2-8-33-19)14-18-11-17-12-22-23(35-10-9-34-22)13-21(17)26-24(18)28/h4-7,11-13,19H,2-3,8-10,14-15H2,1H3,(H,26,28). The molecule has 2 aliphatic heterocycles. The number of hydrogen-bond acceptors (Lipinski definition) is 8. The van der Waals surface area contributed by atoms with Crippen LogP contribution in [0, 0.1) is 0 Å². The summed E-state index contributed by atoms with van der Waals surface area (Å²) < 4.78 is 50.2. The smallest absolute Gasteiger partial charge is 0.337 e. The molecule has 0 radical (unpaired) electrons. The van der Waals surface area contributed by atoms with Crippen molar-refractivity contribution >= 4 is 26.9 Å². The second kappa shape index (κ2) is 9.92. The van der Waals surface area contributed by atoms with E-state index < -0.39 is 21.6 Å². The molecule has 10 nitrogen and oxygen atoms in total. The van der Waals surface area contributed by atoms with Crippen LogP contribution in [0.2, 0.25) is 0 Å². The molecule has 1 saturated heterocycles. The van der Waals surface area contributed by atoms with E-state index in [9.17, 15) is 18.0 Å². The van der Waals surface area contributed by atoms with Crippen LogP contribution in [0.25, 0.3) is 10.9 Å². The van der Waals surface area contributed by atoms with Gasteiger partial charge in [-0.05, 0) is 49.2 Å². The molecule has 36 heavy (non-hydrogen) atoms. The number of methoxy groups -OCH3 is 1. The number of esters is 1. The molecule has 5 rings (SSSR count). The Morgan fingerprint density at radius 3 is 2.47 bits per heavy atom. The first kappa shape index (κ1) is 24.3. The van der Waals surface area contributed by atoms with Gasteiger partial charge in [0, 0.05) is 36.7 Å². The molecule has 1 fully saturated rings. The first-order valence-corrected chi connectivity index (χ1v) is 13.0. The van der Waals surface area contributed by atoms with Gasteiger partial charge < -0.3 is 23.9 Å². The molecular formula is C25H26N2O8S. The number of rotatable bonds is 7. The first-order valence-electron chi connectivity index (χ1n) is 11.6. The average molecular weight is 515 g/mol. The highest BCUT2D eigenvalue weighted by Gasteiger charge is 2.30. The van der Waals surface area contributed by atoms with Crippen molar-refractivity contribution in [3.8, 4) is 11.5 Å². The SMILES string of the molecule is COC(=O)c1ccc(S(=O)(=O)N(Cc2cc3cc4c(cc3[nH]c2=O)OCCO4)CC2CCCO2)cc1. The number of hydrogen-bond donors (Lipinski definition) is 1. The molecule has 190 valence electrons. The van der Waals surface area contributed by atoms with Crippen LogP contribution in [-0.2, 0) is 26.0 Å². The molecule has 2 aromatic carbocycles. The van der Waals surface area contributed by atoms with Crippen molar-refractivity contribution in [3.63, 3.8) is 0 Å². The molecule has 1 unspecified atom stereocenters. The summed E-state index contributed by atoms with van der Waals surface area (Å²) in [7, 11) is -2.76. The van der Waals surface area contributed by atoms with Gasteiger partial charge in [0.2, 0.25) is 10.0 Å². The second-order valence-electron chi connectivity index (χ2n) is 8.66. The number of nitrogens with zero attached hydrogens (tertiary/aromatic N) is 1. The number of fused-ring (bicyclic) bond motifs is 2. The maximum Gasteiger partial charge on any atom is 0.337 e. The molecule has 0 bridgehead atoms. The number of aromatic nitrogens is 1. The molecule has 1 aromatic heterocycles. The minimum Gasteiger partial charge on any atom is -0.486 e. The van der Waals surface area contributed by atoms with Gasteiger partial charge in [0.25, 0.3) is 5.56 Å². The summed E-state index contributed by atoms with van der Waals surface area (Å²) in [5.41, 5.74) is 0.697. The summed E-state index contributed by atoms with van der Waals surface area (Å²) in [6.07, 6.45) is 1.30. The third-order valence-electron chi connectivity index (χ3n) is 6.28. The van der Waals surface area contributed by atoms with Crippen LogP contribution in [0.1, 0.15) is 28.8 Å². The lowest BCUT2D eigenvalue weighted by molar-refractivity contribution is 0.0600. The Hall–Kier alpha value is -3.41. The molecule has 1 N–H and O–H groups in total. The molecular weight excluding hydrogens is 488 g/mol. The highest BCUT2D eigenvalue weighted by molar-refractivity contribution is 7.89. The molecule has 2 aliphatic rings. The van der Waals surface area contributed by atoms with Crippen LogP contribution in [-0.4, -0.2) is 63.3 Å². The van der Waals surface area contributed by atoms with Crippen molar-refractivity contribution in [3.05, 3.63) is 63.9 Å². The number of H-pyrrole nitrogens is 1. The van der Waals surface area contributed by atoms with Crippen LogP contribution in [0.3, 0.4) is 0 Å². The minimum absolute atomic E-state index is 0.00462. The fraction of sp³-hybridized carbons (Fsp3) is 0.360. The zero-order chi connectivity index (χ0) is 25.3. The van der Waals surface area contributed by atoms with Crippen molar-refractivity contribution in [1.29, 1.82) is 0 Å². The van der Waals surface area contributed by atoms with Crippen molar-refractivity contribution in [2.24, 2.45) is 0 Å². The van der Waals surface area contributed by atoms with Gasteiger partial charge in [0.15, 0.2) is 11.5 Å². The molecule has 11 heteroatoms. The van der Waals surface area contributed by atoms with E-state index >= 15 is 0 Å². The van der Waals surface area contributed by atoms with Gasteiger partial charge >= 0.3 is 5.97 Å². The van der Waals surface area contributed by atoms with E-state index in [0.717, 1.165) is 12.8 Å². The third-order valence-corrected chi connectivity index (χ3v) is 8.10. The van der Waals surface area contributed by atoms with E-state index in [1.165, 1.54) is 35.7 Å². The van der Waals surface area contributed by atoms with Crippen LogP contribution in [0.4, 0.5) is 0 Å². The molecule has 3 heterocycles. The predicted octanol–water partition coefficient (Wildman–Crippen LogP) is 2.46. The van der Waals surface area contributed by atoms with Crippen LogP contribution in [0.15, 0.2) is 52.2 Å². The van der Waals surface area contributed by atoms with E-state index in [4.69, 9.17) is 14.2 Å². The maximum atomic E-state index is 13.6. The van der Waals surface area contributed by atoms with Gasteiger partial charge in [0.05, 0.1) is 29.2 Å². The van der Waals surface area contributed by atoms with Gasteiger partial charge in [-0.25, -0.2) is 13.2 Å². The van der Waals surface area contributed by atoms with E-state index in [0.29, 0.717) is 42.2 Å². The normalized spacial score (nSPS) is 17.4. The van der Waals surface area contributed by atoms with Gasteiger partial charge in [-0.3, -0.25) is 4.79 Å². The zero-order valence-electron chi connectivity index (χ0n) is 19.7. The average Bonchev–Trinajstić information content (AvgIpc) is 3.40. The van der Waals surface area contributed by atoms with E-state index in [1.807, 2.05) is 0 Å². The lowest BCUT2D eigenvalue weighted by atomic mass is 10.1. The minimum atomic E-state index is -4.02. The quantitative estimate of drug-likeness (QED) is 0.477. The Kier molecular flexibility index (Phi) is 6.69. The topological polar surface area (TPSA) is 124 Å². The Labute approximate surface area is 207 Å². The van der Waals surface area contributed by atoms with Crippen molar-refractivity contribution < 1.29 is 32.2 Å². The summed E-state index contributed by atoms with van der Waals surface area (Å²) in [4.78, 5) is 27.6. The molecule has 0 spiro atoms. The Balaban J connectivity index is 1.50. The third kappa shape index (κ3) is 4.81. The van der Waals surface area contributed by atoms with E-state index in [-0.39, 0.29) is 35.2 Å². The molecule has 1 atom stereocenters. The number of benzene rings is 2. The summed E-state index contributed by atoms with van der Waals surface area (Å²) >= 11 is 0. The number of sulfonamides is 1. The molecule has 0 aliphatic carbocycles. The highest BCUT2D eigenvalue weighted by Crippen LogP contribution is 2.34. The highest BCUT2D eigenvalue weighted by atomic mass is 32.2. The number of carbonyl (C=O) groups is 1. The van der Waals surface area contributed by atoms with Crippen molar-refractivity contribution in [2.45, 2.75) is 30.4 Å². The summed E-state index contributed by atoms with van der Waals surface area (Å²) in [6, 6.07) is 10.7. The Morgan fingerprint density at radius 1 is 1.08 bits per heavy atom. The monoisotopic (exact) mass is 514 g/mol. The summed E-state index contributed by atoms with van der Waals surface area (Å²) in [5.74, 6) is 0.561. The second-order valence-corrected chi connectivity index (χ2v) is 10.6. The lowest BCUT2D eigenvalue weighted by Crippen LogP contribution is -2.38. The Morgan fingerprint density at radius 2 is 1.81 bits per heavy atom. The van der Waals surface area contributed by atoms with Crippen LogP contribution in [0.5, 0.6) is 11.5 Å². The van der Waals surface area contributed by atoms with Gasteiger partial charge in [-0.15, -0.1) is 0 Å². The number of carbonyl (C=O) groups excluding carboxylic acids is 1. The lowest BCUT2D eigenvalue weighted by Gasteiger charge is -2.25. The maximum absolute atomic E-state index is 13.6. The largest absolute Gasteiger partial charge is 0.486 e. The molecule has 3 aromatic rings. The number of pyridine rings is 1.